The van der Waals surface area contributed by atoms with E-state index in [9.17, 15) is 4.79 Å². The number of hydrogen-bond donors (Lipinski definition) is 2. The first-order valence-electron chi connectivity index (χ1n) is 8.09. The van der Waals surface area contributed by atoms with Gasteiger partial charge in [-0.25, -0.2) is 9.78 Å². The number of rotatable bonds is 6. The SMILES string of the molecule is O=C(O)/C=C/c1ccc(N[C@@H]2CCN(Cc3ccccc3)C2)nc1. The van der Waals surface area contributed by atoms with E-state index in [4.69, 9.17) is 5.11 Å². The molecule has 1 aliphatic heterocycles. The van der Waals surface area contributed by atoms with Gasteiger partial charge in [0.1, 0.15) is 5.82 Å². The van der Waals surface area contributed by atoms with Gasteiger partial charge in [0.2, 0.25) is 0 Å². The number of nitrogens with zero attached hydrogens (tertiary/aromatic N) is 2. The molecular weight excluding hydrogens is 302 g/mol. The molecule has 5 heteroatoms. The van der Waals surface area contributed by atoms with Crippen LogP contribution in [0.1, 0.15) is 17.5 Å². The maximum atomic E-state index is 10.5. The van der Waals surface area contributed by atoms with Crippen LogP contribution in [-0.4, -0.2) is 40.1 Å². The van der Waals surface area contributed by atoms with E-state index in [0.29, 0.717) is 6.04 Å². The highest BCUT2D eigenvalue weighted by Crippen LogP contribution is 2.17. The number of anilines is 1. The topological polar surface area (TPSA) is 65.5 Å². The van der Waals surface area contributed by atoms with Crippen molar-refractivity contribution in [3.05, 3.63) is 65.9 Å². The Bertz CT molecular complexity index is 698. The fourth-order valence-electron chi connectivity index (χ4n) is 2.90. The molecule has 24 heavy (non-hydrogen) atoms. The lowest BCUT2D eigenvalue weighted by Gasteiger charge is -2.17. The number of nitrogens with one attached hydrogen (secondary N) is 1. The molecule has 0 spiro atoms. The second-order valence-corrected chi connectivity index (χ2v) is 6.00. The number of carbonyl (C=O) groups is 1. The van der Waals surface area contributed by atoms with E-state index in [2.05, 4.69) is 39.5 Å². The highest BCUT2D eigenvalue weighted by molar-refractivity contribution is 5.85. The van der Waals surface area contributed by atoms with Gasteiger partial charge in [-0.05, 0) is 35.8 Å². The summed E-state index contributed by atoms with van der Waals surface area (Å²) in [5.74, 6) is -0.129. The molecule has 2 aromatic rings. The maximum Gasteiger partial charge on any atom is 0.328 e. The Balaban J connectivity index is 1.51. The molecule has 124 valence electrons. The molecule has 2 N–H and O–H groups in total. The fourth-order valence-corrected chi connectivity index (χ4v) is 2.90. The van der Waals surface area contributed by atoms with Crippen molar-refractivity contribution in [2.45, 2.75) is 19.0 Å². The van der Waals surface area contributed by atoms with Crippen LogP contribution in [0.4, 0.5) is 5.82 Å². The van der Waals surface area contributed by atoms with Crippen LogP contribution in [0.2, 0.25) is 0 Å². The number of carboxylic acid groups (broad SMARTS) is 1. The van der Waals surface area contributed by atoms with E-state index < -0.39 is 5.97 Å². The Morgan fingerprint density at radius 2 is 2.12 bits per heavy atom. The second kappa shape index (κ2) is 7.75. The predicted molar refractivity (Wildman–Crippen MR) is 94.7 cm³/mol. The van der Waals surface area contributed by atoms with E-state index in [1.165, 1.54) is 11.6 Å². The third-order valence-electron chi connectivity index (χ3n) is 4.08. The van der Waals surface area contributed by atoms with Crippen LogP contribution in [0.25, 0.3) is 6.08 Å². The number of likely N-dealkylation sites (tertiary alicyclic amines) is 1. The molecule has 0 saturated carbocycles. The standard InChI is InChI=1S/C19H21N3O2/c23-19(24)9-7-15-6-8-18(20-12-15)21-17-10-11-22(14-17)13-16-4-2-1-3-5-16/h1-9,12,17H,10-11,13-14H2,(H,20,21)(H,23,24)/b9-7+/t17-/m1/s1. The van der Waals surface area contributed by atoms with Crippen LogP contribution in [0, 0.1) is 0 Å². The first kappa shape index (κ1) is 16.2. The minimum absolute atomic E-state index is 0.390. The number of pyridine rings is 1. The molecule has 2 heterocycles. The largest absolute Gasteiger partial charge is 0.478 e. The maximum absolute atomic E-state index is 10.5. The van der Waals surface area contributed by atoms with Gasteiger partial charge < -0.3 is 10.4 Å². The second-order valence-electron chi connectivity index (χ2n) is 6.00. The van der Waals surface area contributed by atoms with Gasteiger partial charge >= 0.3 is 5.97 Å². The van der Waals surface area contributed by atoms with Crippen molar-refractivity contribution < 1.29 is 9.90 Å². The molecule has 1 fully saturated rings. The van der Waals surface area contributed by atoms with Gasteiger partial charge in [0.25, 0.3) is 0 Å². The normalized spacial score (nSPS) is 18.1. The Morgan fingerprint density at radius 1 is 1.29 bits per heavy atom. The summed E-state index contributed by atoms with van der Waals surface area (Å²) in [6.45, 7) is 3.05. The van der Waals surface area contributed by atoms with Crippen molar-refractivity contribution in [1.29, 1.82) is 0 Å². The van der Waals surface area contributed by atoms with Gasteiger partial charge in [-0.15, -0.1) is 0 Å². The molecule has 1 aromatic heterocycles. The summed E-state index contributed by atoms with van der Waals surface area (Å²) in [5, 5.41) is 12.1. The van der Waals surface area contributed by atoms with Gasteiger partial charge in [0.05, 0.1) is 0 Å². The van der Waals surface area contributed by atoms with Gasteiger partial charge in [-0.1, -0.05) is 30.3 Å². The lowest BCUT2D eigenvalue weighted by molar-refractivity contribution is -0.131. The molecule has 1 aromatic carbocycles. The molecule has 1 saturated heterocycles. The molecule has 1 aliphatic rings. The van der Waals surface area contributed by atoms with Crippen LogP contribution in [0.5, 0.6) is 0 Å². The summed E-state index contributed by atoms with van der Waals surface area (Å²) in [6.07, 6.45) is 5.42. The average molecular weight is 323 g/mol. The molecule has 1 atom stereocenters. The summed E-state index contributed by atoms with van der Waals surface area (Å²) in [4.78, 5) is 17.3. The summed E-state index contributed by atoms with van der Waals surface area (Å²) < 4.78 is 0. The first-order chi connectivity index (χ1) is 11.7. The lowest BCUT2D eigenvalue weighted by Crippen LogP contribution is -2.26. The quantitative estimate of drug-likeness (QED) is 0.800. The summed E-state index contributed by atoms with van der Waals surface area (Å²) in [7, 11) is 0. The molecule has 0 bridgehead atoms. The van der Waals surface area contributed by atoms with Crippen molar-refractivity contribution in [3.8, 4) is 0 Å². The van der Waals surface area contributed by atoms with Crippen molar-refractivity contribution in [3.63, 3.8) is 0 Å². The predicted octanol–water partition coefficient (Wildman–Crippen LogP) is 2.87. The minimum atomic E-state index is -0.957. The Kier molecular flexibility index (Phi) is 5.23. The number of aromatic nitrogens is 1. The van der Waals surface area contributed by atoms with Crippen LogP contribution in [-0.2, 0) is 11.3 Å². The molecular formula is C19H21N3O2. The number of carboxylic acids is 1. The smallest absolute Gasteiger partial charge is 0.328 e. The lowest BCUT2D eigenvalue weighted by atomic mass is 10.2. The van der Waals surface area contributed by atoms with Gasteiger partial charge in [-0.3, -0.25) is 4.90 Å². The van der Waals surface area contributed by atoms with Crippen molar-refractivity contribution in [2.24, 2.45) is 0 Å². The summed E-state index contributed by atoms with van der Waals surface area (Å²) in [6, 6.07) is 14.7. The third kappa shape index (κ3) is 4.67. The molecule has 0 aliphatic carbocycles. The van der Waals surface area contributed by atoms with Crippen molar-refractivity contribution in [1.82, 2.24) is 9.88 Å². The van der Waals surface area contributed by atoms with Gasteiger partial charge in [0.15, 0.2) is 0 Å². The number of benzene rings is 1. The first-order valence-corrected chi connectivity index (χ1v) is 8.09. The Morgan fingerprint density at radius 3 is 2.83 bits per heavy atom. The van der Waals surface area contributed by atoms with Crippen LogP contribution >= 0.6 is 0 Å². The fraction of sp³-hybridized carbons (Fsp3) is 0.263. The van der Waals surface area contributed by atoms with E-state index >= 15 is 0 Å². The van der Waals surface area contributed by atoms with E-state index in [1.54, 1.807) is 6.20 Å². The molecule has 0 radical (unpaired) electrons. The zero-order chi connectivity index (χ0) is 16.8. The Hall–Kier alpha value is -2.66. The number of hydrogen-bond acceptors (Lipinski definition) is 4. The van der Waals surface area contributed by atoms with E-state index in [0.717, 1.165) is 43.5 Å². The monoisotopic (exact) mass is 323 g/mol. The zero-order valence-corrected chi connectivity index (χ0v) is 13.4. The van der Waals surface area contributed by atoms with Gasteiger partial charge in [-0.2, -0.15) is 0 Å². The van der Waals surface area contributed by atoms with Crippen LogP contribution in [0.15, 0.2) is 54.7 Å². The van der Waals surface area contributed by atoms with Crippen LogP contribution in [0.3, 0.4) is 0 Å². The van der Waals surface area contributed by atoms with Crippen LogP contribution < -0.4 is 5.32 Å². The van der Waals surface area contributed by atoms with E-state index in [-0.39, 0.29) is 0 Å². The molecule has 0 amide bonds. The average Bonchev–Trinajstić information content (AvgIpc) is 3.02. The van der Waals surface area contributed by atoms with Crippen molar-refractivity contribution >= 4 is 17.9 Å². The summed E-state index contributed by atoms with van der Waals surface area (Å²) >= 11 is 0. The molecule has 0 unspecified atom stereocenters. The zero-order valence-electron chi connectivity index (χ0n) is 13.4. The molecule has 3 rings (SSSR count). The number of aliphatic carboxylic acids is 1. The van der Waals surface area contributed by atoms with Gasteiger partial charge in [0, 0.05) is 37.9 Å². The summed E-state index contributed by atoms with van der Waals surface area (Å²) in [5.41, 5.74) is 2.12. The highest BCUT2D eigenvalue weighted by Gasteiger charge is 2.22. The molecule has 5 nitrogen and oxygen atoms in total. The third-order valence-corrected chi connectivity index (χ3v) is 4.08. The minimum Gasteiger partial charge on any atom is -0.478 e. The Labute approximate surface area is 141 Å². The van der Waals surface area contributed by atoms with E-state index in [1.807, 2.05) is 18.2 Å². The highest BCUT2D eigenvalue weighted by atomic mass is 16.4. The van der Waals surface area contributed by atoms with Crippen molar-refractivity contribution in [2.75, 3.05) is 18.4 Å².